The van der Waals surface area contributed by atoms with Gasteiger partial charge in [0.25, 0.3) is 0 Å². The molecule has 0 spiro atoms. The Bertz CT molecular complexity index is 301. The summed E-state index contributed by atoms with van der Waals surface area (Å²) in [6, 6.07) is 0. The summed E-state index contributed by atoms with van der Waals surface area (Å²) in [7, 11) is 1.37. The van der Waals surface area contributed by atoms with Crippen LogP contribution in [0, 0.1) is 5.92 Å². The number of rotatable bonds is 1. The highest BCUT2D eigenvalue weighted by Crippen LogP contribution is 2.42. The number of Topliss-reactive ketones (excluding diaryl/α,β-unsaturated/α-hetero) is 1. The molecule has 3 heteroatoms. The molecule has 0 amide bonds. The van der Waals surface area contributed by atoms with Gasteiger partial charge >= 0.3 is 5.97 Å². The van der Waals surface area contributed by atoms with E-state index in [1.165, 1.54) is 12.7 Å². The molecule has 0 heterocycles. The number of methoxy groups -OCH3 is 1. The van der Waals surface area contributed by atoms with Crippen molar-refractivity contribution in [1.82, 2.24) is 0 Å². The van der Waals surface area contributed by atoms with Gasteiger partial charge in [0.1, 0.15) is 0 Å². The van der Waals surface area contributed by atoms with E-state index in [1.807, 2.05) is 0 Å². The summed E-state index contributed by atoms with van der Waals surface area (Å²) in [4.78, 5) is 22.6. The fourth-order valence-electron chi connectivity index (χ4n) is 2.14. The van der Waals surface area contributed by atoms with Crippen molar-refractivity contribution in [3.8, 4) is 0 Å². The average molecular weight is 180 g/mol. The predicted octanol–water partition coefficient (Wildman–Crippen LogP) is 1.23. The zero-order valence-electron chi connectivity index (χ0n) is 7.63. The van der Waals surface area contributed by atoms with Crippen LogP contribution in [0.5, 0.6) is 0 Å². The Morgan fingerprint density at radius 3 is 2.85 bits per heavy atom. The second kappa shape index (κ2) is 2.98. The van der Waals surface area contributed by atoms with Crippen molar-refractivity contribution in [2.45, 2.75) is 25.7 Å². The van der Waals surface area contributed by atoms with Crippen LogP contribution >= 0.6 is 0 Å². The Hall–Kier alpha value is -1.12. The van der Waals surface area contributed by atoms with Gasteiger partial charge in [0.15, 0.2) is 5.78 Å². The molecule has 0 saturated carbocycles. The van der Waals surface area contributed by atoms with Crippen LogP contribution in [0.3, 0.4) is 0 Å². The predicted molar refractivity (Wildman–Crippen MR) is 46.0 cm³/mol. The summed E-state index contributed by atoms with van der Waals surface area (Å²) in [5, 5.41) is 0. The first-order valence-corrected chi connectivity index (χ1v) is 4.57. The summed E-state index contributed by atoms with van der Waals surface area (Å²) in [6.07, 6.45) is 3.29. The summed E-state index contributed by atoms with van der Waals surface area (Å²) in [6.45, 7) is 0. The molecule has 0 N–H and O–H groups in total. The molecule has 1 unspecified atom stereocenters. The summed E-state index contributed by atoms with van der Waals surface area (Å²) in [5.41, 5.74) is 1.95. The Morgan fingerprint density at radius 2 is 2.23 bits per heavy atom. The highest BCUT2D eigenvalue weighted by Gasteiger charge is 2.40. The molecule has 2 aliphatic carbocycles. The van der Waals surface area contributed by atoms with Crippen LogP contribution in [0.4, 0.5) is 0 Å². The Balaban J connectivity index is 2.19. The molecule has 13 heavy (non-hydrogen) atoms. The number of esters is 1. The molecule has 0 aromatic carbocycles. The number of hydrogen-bond donors (Lipinski definition) is 0. The van der Waals surface area contributed by atoms with Crippen LogP contribution in [-0.4, -0.2) is 18.9 Å². The fraction of sp³-hybridized carbons (Fsp3) is 0.600. The monoisotopic (exact) mass is 180 g/mol. The largest absolute Gasteiger partial charge is 0.469 e. The SMILES string of the molecule is COC(=O)C1CC2=C1C(=O)CCC2. The van der Waals surface area contributed by atoms with Gasteiger partial charge in [-0.25, -0.2) is 0 Å². The van der Waals surface area contributed by atoms with Crippen molar-refractivity contribution in [1.29, 1.82) is 0 Å². The van der Waals surface area contributed by atoms with Crippen LogP contribution in [0.25, 0.3) is 0 Å². The Morgan fingerprint density at radius 1 is 1.46 bits per heavy atom. The molecular weight excluding hydrogens is 168 g/mol. The maximum Gasteiger partial charge on any atom is 0.313 e. The molecule has 2 rings (SSSR count). The third-order valence-corrected chi connectivity index (χ3v) is 2.85. The molecule has 2 aliphatic rings. The van der Waals surface area contributed by atoms with Crippen LogP contribution in [0.15, 0.2) is 11.1 Å². The minimum absolute atomic E-state index is 0.155. The van der Waals surface area contributed by atoms with Gasteiger partial charge in [-0.15, -0.1) is 0 Å². The van der Waals surface area contributed by atoms with Crippen LogP contribution in [0.2, 0.25) is 0 Å². The molecule has 0 aromatic heterocycles. The Kier molecular flexibility index (Phi) is 1.94. The van der Waals surface area contributed by atoms with E-state index in [-0.39, 0.29) is 17.7 Å². The van der Waals surface area contributed by atoms with E-state index in [0.29, 0.717) is 6.42 Å². The summed E-state index contributed by atoms with van der Waals surface area (Å²) < 4.78 is 4.63. The molecule has 0 bridgehead atoms. The van der Waals surface area contributed by atoms with E-state index in [4.69, 9.17) is 0 Å². The van der Waals surface area contributed by atoms with E-state index >= 15 is 0 Å². The van der Waals surface area contributed by atoms with Crippen molar-refractivity contribution in [3.05, 3.63) is 11.1 Å². The number of ketones is 1. The lowest BCUT2D eigenvalue weighted by Crippen LogP contribution is -2.34. The molecule has 0 saturated heterocycles. The number of allylic oxidation sites excluding steroid dienone is 1. The fourth-order valence-corrected chi connectivity index (χ4v) is 2.14. The molecule has 0 fully saturated rings. The minimum Gasteiger partial charge on any atom is -0.469 e. The summed E-state index contributed by atoms with van der Waals surface area (Å²) >= 11 is 0. The number of carbonyl (C=O) groups excluding carboxylic acids is 2. The maximum atomic E-state index is 11.4. The van der Waals surface area contributed by atoms with Gasteiger partial charge in [-0.05, 0) is 19.3 Å². The topological polar surface area (TPSA) is 43.4 Å². The third-order valence-electron chi connectivity index (χ3n) is 2.85. The first kappa shape index (κ1) is 8.48. The molecule has 0 radical (unpaired) electrons. The van der Waals surface area contributed by atoms with E-state index in [9.17, 15) is 9.59 Å². The van der Waals surface area contributed by atoms with E-state index in [1.54, 1.807) is 0 Å². The molecule has 70 valence electrons. The lowest BCUT2D eigenvalue weighted by Gasteiger charge is -2.33. The number of hydrogen-bond acceptors (Lipinski definition) is 3. The average Bonchev–Trinajstić information content (AvgIpc) is 2.07. The van der Waals surface area contributed by atoms with Crippen molar-refractivity contribution < 1.29 is 14.3 Å². The van der Waals surface area contributed by atoms with Crippen molar-refractivity contribution in [3.63, 3.8) is 0 Å². The molecule has 0 aliphatic heterocycles. The van der Waals surface area contributed by atoms with Gasteiger partial charge in [0, 0.05) is 12.0 Å². The maximum absolute atomic E-state index is 11.4. The first-order valence-electron chi connectivity index (χ1n) is 4.57. The zero-order valence-corrected chi connectivity index (χ0v) is 7.63. The smallest absolute Gasteiger partial charge is 0.313 e. The van der Waals surface area contributed by atoms with Gasteiger partial charge in [0.2, 0.25) is 0 Å². The minimum atomic E-state index is -0.256. The Labute approximate surface area is 76.8 Å². The van der Waals surface area contributed by atoms with E-state index in [0.717, 1.165) is 24.8 Å². The second-order valence-electron chi connectivity index (χ2n) is 3.57. The standard InChI is InChI=1S/C10H12O3/c1-13-10(12)7-5-6-3-2-4-8(11)9(6)7/h7H,2-5H2,1H3. The van der Waals surface area contributed by atoms with Gasteiger partial charge in [-0.1, -0.05) is 5.57 Å². The molecule has 3 nitrogen and oxygen atoms in total. The van der Waals surface area contributed by atoms with Crippen molar-refractivity contribution in [2.75, 3.05) is 7.11 Å². The third kappa shape index (κ3) is 1.19. The van der Waals surface area contributed by atoms with Gasteiger partial charge < -0.3 is 4.74 Å². The van der Waals surface area contributed by atoms with Gasteiger partial charge in [-0.3, -0.25) is 9.59 Å². The highest BCUT2D eigenvalue weighted by molar-refractivity contribution is 6.04. The molecule has 0 aromatic rings. The van der Waals surface area contributed by atoms with E-state index < -0.39 is 0 Å². The highest BCUT2D eigenvalue weighted by atomic mass is 16.5. The van der Waals surface area contributed by atoms with Crippen LogP contribution < -0.4 is 0 Å². The molecule has 1 atom stereocenters. The van der Waals surface area contributed by atoms with Crippen LogP contribution in [-0.2, 0) is 14.3 Å². The van der Waals surface area contributed by atoms with Crippen LogP contribution in [0.1, 0.15) is 25.7 Å². The number of ether oxygens (including phenoxy) is 1. The van der Waals surface area contributed by atoms with Gasteiger partial charge in [0.05, 0.1) is 13.0 Å². The van der Waals surface area contributed by atoms with Crippen molar-refractivity contribution >= 4 is 11.8 Å². The zero-order chi connectivity index (χ0) is 9.42. The first-order chi connectivity index (χ1) is 6.24. The normalized spacial score (nSPS) is 26.5. The second-order valence-corrected chi connectivity index (χ2v) is 3.57. The van der Waals surface area contributed by atoms with Gasteiger partial charge in [-0.2, -0.15) is 0 Å². The quantitative estimate of drug-likeness (QED) is 0.570. The summed E-state index contributed by atoms with van der Waals surface area (Å²) in [5.74, 6) is -0.343. The van der Waals surface area contributed by atoms with E-state index in [2.05, 4.69) is 4.74 Å². The lowest BCUT2D eigenvalue weighted by molar-refractivity contribution is -0.146. The number of carbonyl (C=O) groups is 2. The lowest BCUT2D eigenvalue weighted by atomic mass is 9.70. The van der Waals surface area contributed by atoms with Crippen molar-refractivity contribution in [2.24, 2.45) is 5.92 Å². The molecular formula is C10H12O3.